The Morgan fingerprint density at radius 1 is 1.33 bits per heavy atom. The Hall–Kier alpha value is -2.63. The molecule has 2 rings (SSSR count). The molecule has 0 spiro atoms. The summed E-state index contributed by atoms with van der Waals surface area (Å²) in [5.74, 6) is -1.05. The van der Waals surface area contributed by atoms with Crippen molar-refractivity contribution in [1.82, 2.24) is 10.1 Å². The minimum atomic E-state index is -1.04. The Labute approximate surface area is 122 Å². The number of benzene rings is 1. The summed E-state index contributed by atoms with van der Waals surface area (Å²) >= 11 is 0. The van der Waals surface area contributed by atoms with Crippen molar-refractivity contribution in [3.8, 4) is 11.3 Å². The van der Waals surface area contributed by atoms with Crippen LogP contribution in [0.1, 0.15) is 23.8 Å². The standard InChI is InChI=1S/C15H16N2O4/c1-3-12(15(19)20)17(2)14(18)11-9-13(21-16-11)10-7-5-4-6-8-10/h4-9,12H,3H2,1-2H3,(H,19,20). The van der Waals surface area contributed by atoms with E-state index in [9.17, 15) is 9.59 Å². The molecule has 110 valence electrons. The first kappa shape index (κ1) is 14.8. The summed E-state index contributed by atoms with van der Waals surface area (Å²) in [6, 6.07) is 9.89. The molecular weight excluding hydrogens is 272 g/mol. The lowest BCUT2D eigenvalue weighted by Crippen LogP contribution is -2.42. The van der Waals surface area contributed by atoms with Crippen molar-refractivity contribution in [2.75, 3.05) is 7.05 Å². The molecule has 2 aromatic rings. The van der Waals surface area contributed by atoms with Gasteiger partial charge in [-0.15, -0.1) is 0 Å². The first-order chi connectivity index (χ1) is 10.0. The maximum Gasteiger partial charge on any atom is 0.326 e. The highest BCUT2D eigenvalue weighted by Gasteiger charge is 2.27. The van der Waals surface area contributed by atoms with Gasteiger partial charge in [-0.2, -0.15) is 0 Å². The van der Waals surface area contributed by atoms with Crippen LogP contribution in [-0.4, -0.2) is 40.1 Å². The van der Waals surface area contributed by atoms with Crippen LogP contribution in [0.5, 0.6) is 0 Å². The number of nitrogens with zero attached hydrogens (tertiary/aromatic N) is 2. The van der Waals surface area contributed by atoms with Gasteiger partial charge in [0.05, 0.1) is 0 Å². The van der Waals surface area contributed by atoms with E-state index < -0.39 is 17.9 Å². The highest BCUT2D eigenvalue weighted by molar-refractivity contribution is 5.95. The number of likely N-dealkylation sites (N-methyl/N-ethyl adjacent to an activating group) is 1. The van der Waals surface area contributed by atoms with E-state index in [1.54, 1.807) is 6.92 Å². The van der Waals surface area contributed by atoms with Crippen LogP contribution in [0.15, 0.2) is 40.9 Å². The molecular formula is C15H16N2O4. The van der Waals surface area contributed by atoms with E-state index in [1.165, 1.54) is 13.1 Å². The van der Waals surface area contributed by atoms with E-state index in [1.807, 2.05) is 30.3 Å². The molecule has 0 aliphatic rings. The third-order valence-electron chi connectivity index (χ3n) is 3.25. The molecule has 0 bridgehead atoms. The Balaban J connectivity index is 2.21. The number of aromatic nitrogens is 1. The normalized spacial score (nSPS) is 11.9. The number of hydrogen-bond donors (Lipinski definition) is 1. The van der Waals surface area contributed by atoms with E-state index in [2.05, 4.69) is 5.16 Å². The lowest BCUT2D eigenvalue weighted by molar-refractivity contribution is -0.142. The number of rotatable bonds is 5. The average molecular weight is 288 g/mol. The quantitative estimate of drug-likeness (QED) is 0.912. The Kier molecular flexibility index (Phi) is 4.37. The largest absolute Gasteiger partial charge is 0.480 e. The van der Waals surface area contributed by atoms with Crippen molar-refractivity contribution in [2.24, 2.45) is 0 Å². The van der Waals surface area contributed by atoms with Crippen LogP contribution in [-0.2, 0) is 4.79 Å². The molecule has 1 amide bonds. The smallest absolute Gasteiger partial charge is 0.326 e. The number of carboxylic acids is 1. The molecule has 0 radical (unpaired) electrons. The van der Waals surface area contributed by atoms with E-state index in [0.29, 0.717) is 12.2 Å². The molecule has 1 heterocycles. The van der Waals surface area contributed by atoms with E-state index in [0.717, 1.165) is 10.5 Å². The van der Waals surface area contributed by atoms with Crippen LogP contribution in [0.25, 0.3) is 11.3 Å². The van der Waals surface area contributed by atoms with Crippen LogP contribution in [0.4, 0.5) is 0 Å². The SMILES string of the molecule is CCC(C(=O)O)N(C)C(=O)c1cc(-c2ccccc2)on1. The number of carboxylic acid groups (broad SMARTS) is 1. The number of amides is 1. The zero-order valence-electron chi connectivity index (χ0n) is 11.8. The molecule has 0 aliphatic heterocycles. The minimum Gasteiger partial charge on any atom is -0.480 e. The van der Waals surface area contributed by atoms with Gasteiger partial charge in [-0.25, -0.2) is 4.79 Å². The maximum absolute atomic E-state index is 12.2. The van der Waals surface area contributed by atoms with Crippen LogP contribution >= 0.6 is 0 Å². The van der Waals surface area contributed by atoms with Crippen molar-refractivity contribution in [3.05, 3.63) is 42.1 Å². The van der Waals surface area contributed by atoms with Crippen molar-refractivity contribution in [3.63, 3.8) is 0 Å². The molecule has 0 fully saturated rings. The van der Waals surface area contributed by atoms with Gasteiger partial charge in [-0.05, 0) is 6.42 Å². The van der Waals surface area contributed by atoms with Crippen LogP contribution in [0.2, 0.25) is 0 Å². The topological polar surface area (TPSA) is 83.6 Å². The van der Waals surface area contributed by atoms with Gasteiger partial charge in [0, 0.05) is 18.7 Å². The van der Waals surface area contributed by atoms with E-state index in [-0.39, 0.29) is 5.69 Å². The molecule has 1 atom stereocenters. The molecule has 0 saturated heterocycles. The first-order valence-electron chi connectivity index (χ1n) is 6.56. The van der Waals surface area contributed by atoms with Crippen LogP contribution in [0, 0.1) is 0 Å². The van der Waals surface area contributed by atoms with E-state index in [4.69, 9.17) is 9.63 Å². The van der Waals surface area contributed by atoms with Crippen LogP contribution < -0.4 is 0 Å². The molecule has 6 nitrogen and oxygen atoms in total. The first-order valence-corrected chi connectivity index (χ1v) is 6.56. The highest BCUT2D eigenvalue weighted by Crippen LogP contribution is 2.20. The van der Waals surface area contributed by atoms with Gasteiger partial charge < -0.3 is 14.5 Å². The summed E-state index contributed by atoms with van der Waals surface area (Å²) in [4.78, 5) is 24.5. The molecule has 1 N–H and O–H groups in total. The summed E-state index contributed by atoms with van der Waals surface area (Å²) in [5, 5.41) is 12.8. The fraction of sp³-hybridized carbons (Fsp3) is 0.267. The zero-order chi connectivity index (χ0) is 15.4. The Bertz CT molecular complexity index is 636. The van der Waals surface area contributed by atoms with Gasteiger partial charge in [-0.3, -0.25) is 4.79 Å². The molecule has 0 saturated carbocycles. The predicted octanol–water partition coefficient (Wildman–Crippen LogP) is 2.28. The summed E-state index contributed by atoms with van der Waals surface area (Å²) in [6.07, 6.45) is 0.320. The van der Waals surface area contributed by atoms with Gasteiger partial charge in [0.2, 0.25) is 0 Å². The summed E-state index contributed by atoms with van der Waals surface area (Å²) in [6.45, 7) is 1.71. The fourth-order valence-corrected chi connectivity index (χ4v) is 2.05. The van der Waals surface area contributed by atoms with E-state index >= 15 is 0 Å². The van der Waals surface area contributed by atoms with Gasteiger partial charge in [0.1, 0.15) is 6.04 Å². The summed E-state index contributed by atoms with van der Waals surface area (Å²) in [5.41, 5.74) is 0.896. The average Bonchev–Trinajstić information content (AvgIpc) is 2.97. The summed E-state index contributed by atoms with van der Waals surface area (Å²) < 4.78 is 5.15. The second-order valence-electron chi connectivity index (χ2n) is 4.62. The second-order valence-corrected chi connectivity index (χ2v) is 4.62. The van der Waals surface area contributed by atoms with Gasteiger partial charge >= 0.3 is 5.97 Å². The van der Waals surface area contributed by atoms with Crippen LogP contribution in [0.3, 0.4) is 0 Å². The fourth-order valence-electron chi connectivity index (χ4n) is 2.05. The molecule has 21 heavy (non-hydrogen) atoms. The molecule has 1 aromatic carbocycles. The highest BCUT2D eigenvalue weighted by atomic mass is 16.5. The lowest BCUT2D eigenvalue weighted by atomic mass is 10.1. The van der Waals surface area contributed by atoms with Crippen molar-refractivity contribution in [1.29, 1.82) is 0 Å². The number of carbonyl (C=O) groups is 2. The number of hydrogen-bond acceptors (Lipinski definition) is 4. The van der Waals surface area contributed by atoms with Gasteiger partial charge in [0.25, 0.3) is 5.91 Å². The minimum absolute atomic E-state index is 0.0936. The summed E-state index contributed by atoms with van der Waals surface area (Å²) in [7, 11) is 1.45. The molecule has 1 unspecified atom stereocenters. The maximum atomic E-state index is 12.2. The zero-order valence-corrected chi connectivity index (χ0v) is 11.8. The number of aliphatic carboxylic acids is 1. The van der Waals surface area contributed by atoms with Gasteiger partial charge in [0.15, 0.2) is 11.5 Å². The Morgan fingerprint density at radius 2 is 2.00 bits per heavy atom. The predicted molar refractivity (Wildman–Crippen MR) is 75.7 cm³/mol. The number of carbonyl (C=O) groups excluding carboxylic acids is 1. The molecule has 0 aliphatic carbocycles. The van der Waals surface area contributed by atoms with Crippen molar-refractivity contribution >= 4 is 11.9 Å². The monoisotopic (exact) mass is 288 g/mol. The van der Waals surface area contributed by atoms with Gasteiger partial charge in [-0.1, -0.05) is 42.4 Å². The molecule has 1 aromatic heterocycles. The second kappa shape index (κ2) is 6.21. The lowest BCUT2D eigenvalue weighted by Gasteiger charge is -2.22. The molecule has 6 heteroatoms. The van der Waals surface area contributed by atoms with Crippen molar-refractivity contribution < 1.29 is 19.2 Å². The Morgan fingerprint density at radius 3 is 2.57 bits per heavy atom. The third kappa shape index (κ3) is 3.10. The third-order valence-corrected chi connectivity index (χ3v) is 3.25. The van der Waals surface area contributed by atoms with Crippen molar-refractivity contribution in [2.45, 2.75) is 19.4 Å².